The first-order valence-corrected chi connectivity index (χ1v) is 12.8. The van der Waals surface area contributed by atoms with Crippen LogP contribution in [0.2, 0.25) is 0 Å². The minimum Gasteiger partial charge on any atom is -0.490 e. The number of hydrogen-bond acceptors (Lipinski definition) is 3. The number of aromatic nitrogens is 2. The van der Waals surface area contributed by atoms with Gasteiger partial charge in [-0.3, -0.25) is 0 Å². The van der Waals surface area contributed by atoms with Gasteiger partial charge in [0, 0.05) is 12.0 Å². The van der Waals surface area contributed by atoms with Crippen LogP contribution in [-0.4, -0.2) is 22.7 Å². The van der Waals surface area contributed by atoms with Gasteiger partial charge in [0.2, 0.25) is 0 Å². The Bertz CT molecular complexity index is 717. The van der Waals surface area contributed by atoms with Crippen molar-refractivity contribution in [3.63, 3.8) is 0 Å². The highest BCUT2D eigenvalue weighted by Gasteiger charge is 2.12. The second-order valence-electron chi connectivity index (χ2n) is 9.17. The summed E-state index contributed by atoms with van der Waals surface area (Å²) in [6.45, 7) is 6.88. The Balaban J connectivity index is 1.69. The van der Waals surface area contributed by atoms with Gasteiger partial charge in [-0.15, -0.1) is 0 Å². The summed E-state index contributed by atoms with van der Waals surface area (Å²) in [5.41, 5.74) is 2.38. The second-order valence-corrected chi connectivity index (χ2v) is 9.17. The number of alkyl halides is 1. The molecule has 0 bridgehead atoms. The Morgan fingerprint density at radius 3 is 2.16 bits per heavy atom. The first kappa shape index (κ1) is 26.3. The van der Waals surface area contributed by atoms with Crippen LogP contribution in [0.1, 0.15) is 97.0 Å². The number of hydrogen-bond donors (Lipinski definition) is 0. The quantitative estimate of drug-likeness (QED) is 0.231. The molecule has 2 unspecified atom stereocenters. The minimum absolute atomic E-state index is 0.357. The van der Waals surface area contributed by atoms with Crippen LogP contribution in [0.4, 0.5) is 4.39 Å². The van der Waals surface area contributed by atoms with Crippen LogP contribution in [0.3, 0.4) is 0 Å². The van der Waals surface area contributed by atoms with Gasteiger partial charge < -0.3 is 4.74 Å². The Kier molecular flexibility index (Phi) is 13.0. The molecule has 2 rings (SSSR count). The molecule has 0 fully saturated rings. The standard InChI is InChI=1S/C28H43FN2O/c1-4-6-7-8-9-10-11-13-24-14-16-25(17-15-24)28-30-21-27(22-31-28)32-19-18-26(29)20-23(3)12-5-2/h14-17,21-23,26H,4-13,18-20H2,1-3H3. The predicted molar refractivity (Wildman–Crippen MR) is 133 cm³/mol. The second kappa shape index (κ2) is 15.8. The molecule has 4 heteroatoms. The zero-order valence-electron chi connectivity index (χ0n) is 20.5. The molecule has 0 N–H and O–H groups in total. The summed E-state index contributed by atoms with van der Waals surface area (Å²) in [4.78, 5) is 8.86. The van der Waals surface area contributed by atoms with Gasteiger partial charge in [0.05, 0.1) is 19.0 Å². The summed E-state index contributed by atoms with van der Waals surface area (Å²) < 4.78 is 19.7. The number of nitrogens with zero attached hydrogens (tertiary/aromatic N) is 2. The molecule has 0 saturated heterocycles. The number of benzene rings is 1. The molecule has 2 atom stereocenters. The summed E-state index contributed by atoms with van der Waals surface area (Å²) in [5.74, 6) is 1.72. The third-order valence-corrected chi connectivity index (χ3v) is 6.05. The molecule has 0 saturated carbocycles. The maximum atomic E-state index is 14.0. The van der Waals surface area contributed by atoms with Gasteiger partial charge in [0.25, 0.3) is 0 Å². The van der Waals surface area contributed by atoms with Crippen LogP contribution in [0.5, 0.6) is 5.75 Å². The van der Waals surface area contributed by atoms with Gasteiger partial charge in [-0.05, 0) is 30.7 Å². The van der Waals surface area contributed by atoms with Crippen molar-refractivity contribution in [1.82, 2.24) is 9.97 Å². The van der Waals surface area contributed by atoms with E-state index in [0.29, 0.717) is 36.9 Å². The van der Waals surface area contributed by atoms with E-state index in [9.17, 15) is 4.39 Å². The average Bonchev–Trinajstić information content (AvgIpc) is 2.79. The molecule has 0 aliphatic heterocycles. The van der Waals surface area contributed by atoms with E-state index in [4.69, 9.17) is 4.74 Å². The fourth-order valence-corrected chi connectivity index (χ4v) is 4.12. The Morgan fingerprint density at radius 1 is 0.844 bits per heavy atom. The molecule has 2 aromatic rings. The molecular formula is C28H43FN2O. The Labute approximate surface area is 195 Å². The number of unbranched alkanes of at least 4 members (excludes halogenated alkanes) is 6. The van der Waals surface area contributed by atoms with Crippen molar-refractivity contribution in [1.29, 1.82) is 0 Å². The van der Waals surface area contributed by atoms with E-state index in [1.165, 1.54) is 50.5 Å². The van der Waals surface area contributed by atoms with Gasteiger partial charge >= 0.3 is 0 Å². The van der Waals surface area contributed by atoms with Crippen molar-refractivity contribution in [3.8, 4) is 17.1 Å². The number of aryl methyl sites for hydroxylation is 1. The molecule has 0 aliphatic rings. The monoisotopic (exact) mass is 442 g/mol. The van der Waals surface area contributed by atoms with Crippen LogP contribution >= 0.6 is 0 Å². The molecule has 3 nitrogen and oxygen atoms in total. The largest absolute Gasteiger partial charge is 0.490 e. The predicted octanol–water partition coefficient (Wildman–Crippen LogP) is 8.37. The summed E-state index contributed by atoms with van der Waals surface area (Å²) in [6, 6.07) is 8.55. The zero-order chi connectivity index (χ0) is 23.0. The minimum atomic E-state index is -0.809. The van der Waals surface area contributed by atoms with Gasteiger partial charge in [0.1, 0.15) is 6.17 Å². The highest BCUT2D eigenvalue weighted by atomic mass is 19.1. The number of rotatable bonds is 17. The van der Waals surface area contributed by atoms with Crippen LogP contribution in [0.15, 0.2) is 36.7 Å². The first-order valence-electron chi connectivity index (χ1n) is 12.8. The van der Waals surface area contributed by atoms with Crippen LogP contribution in [0.25, 0.3) is 11.4 Å². The summed E-state index contributed by atoms with van der Waals surface area (Å²) in [5, 5.41) is 0. The lowest BCUT2D eigenvalue weighted by atomic mass is 9.98. The molecule has 1 aromatic carbocycles. The lowest BCUT2D eigenvalue weighted by Gasteiger charge is -2.14. The van der Waals surface area contributed by atoms with Crippen molar-refractivity contribution < 1.29 is 9.13 Å². The van der Waals surface area contributed by atoms with Gasteiger partial charge in [-0.2, -0.15) is 0 Å². The van der Waals surface area contributed by atoms with E-state index in [1.54, 1.807) is 12.4 Å². The zero-order valence-corrected chi connectivity index (χ0v) is 20.5. The molecule has 0 aliphatic carbocycles. The lowest BCUT2D eigenvalue weighted by molar-refractivity contribution is 0.205. The average molecular weight is 443 g/mol. The molecule has 0 spiro atoms. The molecule has 178 valence electrons. The van der Waals surface area contributed by atoms with Gasteiger partial charge in [-0.25, -0.2) is 14.4 Å². The lowest BCUT2D eigenvalue weighted by Crippen LogP contribution is -2.11. The van der Waals surface area contributed by atoms with Crippen molar-refractivity contribution in [2.24, 2.45) is 5.92 Å². The molecule has 0 radical (unpaired) electrons. The molecule has 0 amide bonds. The summed E-state index contributed by atoms with van der Waals surface area (Å²) in [7, 11) is 0. The van der Waals surface area contributed by atoms with Crippen LogP contribution in [-0.2, 0) is 6.42 Å². The topological polar surface area (TPSA) is 35.0 Å². The normalized spacial score (nSPS) is 13.1. The SMILES string of the molecule is CCCCCCCCCc1ccc(-c2ncc(OCCC(F)CC(C)CCC)cn2)cc1. The maximum absolute atomic E-state index is 14.0. The van der Waals surface area contributed by atoms with E-state index >= 15 is 0 Å². The third kappa shape index (κ3) is 10.6. The number of ether oxygens (including phenoxy) is 1. The van der Waals surface area contributed by atoms with Crippen molar-refractivity contribution in [3.05, 3.63) is 42.2 Å². The van der Waals surface area contributed by atoms with E-state index in [-0.39, 0.29) is 0 Å². The fourth-order valence-electron chi connectivity index (χ4n) is 4.12. The Hall–Kier alpha value is -1.97. The van der Waals surface area contributed by atoms with E-state index < -0.39 is 6.17 Å². The number of halogens is 1. The highest BCUT2D eigenvalue weighted by molar-refractivity contribution is 5.55. The summed E-state index contributed by atoms with van der Waals surface area (Å²) >= 11 is 0. The first-order chi connectivity index (χ1) is 15.6. The molecule has 1 heterocycles. The van der Waals surface area contributed by atoms with E-state index in [2.05, 4.69) is 55.0 Å². The molecule has 1 aromatic heterocycles. The fraction of sp³-hybridized carbons (Fsp3) is 0.643. The van der Waals surface area contributed by atoms with Crippen molar-refractivity contribution in [2.45, 2.75) is 104 Å². The van der Waals surface area contributed by atoms with E-state index in [1.807, 2.05) is 0 Å². The van der Waals surface area contributed by atoms with Crippen LogP contribution in [0, 0.1) is 5.92 Å². The van der Waals surface area contributed by atoms with Crippen LogP contribution < -0.4 is 4.74 Å². The third-order valence-electron chi connectivity index (χ3n) is 6.05. The Morgan fingerprint density at radius 2 is 1.50 bits per heavy atom. The smallest absolute Gasteiger partial charge is 0.159 e. The van der Waals surface area contributed by atoms with Gasteiger partial charge in [-0.1, -0.05) is 96.4 Å². The highest BCUT2D eigenvalue weighted by Crippen LogP contribution is 2.20. The maximum Gasteiger partial charge on any atom is 0.159 e. The molecule has 32 heavy (non-hydrogen) atoms. The van der Waals surface area contributed by atoms with Gasteiger partial charge in [0.15, 0.2) is 11.6 Å². The van der Waals surface area contributed by atoms with Crippen molar-refractivity contribution >= 4 is 0 Å². The van der Waals surface area contributed by atoms with E-state index in [0.717, 1.165) is 24.8 Å². The molecular weight excluding hydrogens is 399 g/mol. The summed E-state index contributed by atoms with van der Waals surface area (Å²) in [6.07, 6.45) is 16.3. The van der Waals surface area contributed by atoms with Crippen molar-refractivity contribution in [2.75, 3.05) is 6.61 Å².